The molecule has 11 nitrogen and oxygen atoms in total. The van der Waals surface area contributed by atoms with Crippen LogP contribution in [0.5, 0.6) is 0 Å². The van der Waals surface area contributed by atoms with Gasteiger partial charge in [0.15, 0.2) is 11.6 Å². The van der Waals surface area contributed by atoms with Crippen molar-refractivity contribution < 1.29 is 18.7 Å². The first-order valence-corrected chi connectivity index (χ1v) is 19.8. The maximum absolute atomic E-state index is 15.0. The molecule has 4 aromatic rings. The molecule has 5 aliphatic rings. The molecule has 0 radical (unpaired) electrons. The van der Waals surface area contributed by atoms with Crippen molar-refractivity contribution in [2.75, 3.05) is 43.0 Å². The van der Waals surface area contributed by atoms with Gasteiger partial charge in [0.2, 0.25) is 5.91 Å². The van der Waals surface area contributed by atoms with Crippen molar-refractivity contribution in [2.45, 2.75) is 109 Å². The Morgan fingerprint density at radius 3 is 2.50 bits per heavy atom. The summed E-state index contributed by atoms with van der Waals surface area (Å²) in [6.45, 7) is 14.6. The minimum absolute atomic E-state index is 0.0422. The fourth-order valence-corrected chi connectivity index (χ4v) is 9.79. The molecule has 54 heavy (non-hydrogen) atoms. The molecule has 0 unspecified atom stereocenters. The first-order valence-electron chi connectivity index (χ1n) is 19.8. The topological polar surface area (TPSA) is 109 Å². The van der Waals surface area contributed by atoms with Crippen molar-refractivity contribution in [1.29, 1.82) is 0 Å². The standard InChI is InChI=1S/C42H51FN8O3/c1-26(2)50-25-45-34-22-33(47-37(36(34)50)46-32-9-14-44-23-31(32)43)27-7-8-30-35(19-27)51(29-20-28(21-29)49-15-11-40(3,4)24-49)39(53)42(30)12-16-48(17-13-42)38(52)41(5)10-6-18-54-41/h7-9,14,19,22-23,25-26,28-29H,6,10-13,15-18,20-21,24H2,1-5H3,(H,44,46,47)/t28?,29?,41-/m0/s1. The highest BCUT2D eigenvalue weighted by Crippen LogP contribution is 2.53. The second kappa shape index (κ2) is 12.8. The number of anilines is 3. The van der Waals surface area contributed by atoms with Crippen LogP contribution in [0.15, 0.2) is 49.1 Å². The van der Waals surface area contributed by atoms with E-state index in [1.54, 1.807) is 18.6 Å². The maximum atomic E-state index is 15.0. The molecule has 1 aliphatic carbocycles. The van der Waals surface area contributed by atoms with Crippen molar-refractivity contribution in [2.24, 2.45) is 5.41 Å². The monoisotopic (exact) mass is 734 g/mol. The van der Waals surface area contributed by atoms with E-state index in [9.17, 15) is 14.0 Å². The lowest BCUT2D eigenvalue weighted by molar-refractivity contribution is -0.153. The molecule has 284 valence electrons. The molecule has 3 saturated heterocycles. The predicted octanol–water partition coefficient (Wildman–Crippen LogP) is 7.00. The summed E-state index contributed by atoms with van der Waals surface area (Å²) in [7, 11) is 0. The van der Waals surface area contributed by atoms with Gasteiger partial charge in [0.05, 0.1) is 34.8 Å². The molecule has 9 rings (SSSR count). The number of benzene rings is 1. The molecule has 1 atom stereocenters. The Labute approximate surface area is 316 Å². The van der Waals surface area contributed by atoms with Crippen LogP contribution in [0.1, 0.15) is 91.2 Å². The zero-order valence-electron chi connectivity index (χ0n) is 32.1. The minimum atomic E-state index is -0.774. The lowest BCUT2D eigenvalue weighted by Gasteiger charge is -2.47. The number of rotatable bonds is 7. The van der Waals surface area contributed by atoms with Crippen LogP contribution in [-0.2, 0) is 19.7 Å². The van der Waals surface area contributed by atoms with E-state index < -0.39 is 16.8 Å². The number of amides is 2. The molecular formula is C42H51FN8O3. The zero-order valence-corrected chi connectivity index (χ0v) is 32.1. The fraction of sp³-hybridized carbons (Fsp3) is 0.548. The van der Waals surface area contributed by atoms with Gasteiger partial charge in [-0.05, 0) is 101 Å². The molecule has 12 heteroatoms. The van der Waals surface area contributed by atoms with E-state index in [-0.39, 0.29) is 29.6 Å². The molecule has 1 N–H and O–H groups in total. The quantitative estimate of drug-likeness (QED) is 0.217. The van der Waals surface area contributed by atoms with Gasteiger partial charge in [-0.15, -0.1) is 0 Å². The average Bonchev–Trinajstić information content (AvgIpc) is 3.91. The SMILES string of the molecule is CC(C)n1cnc2cc(-c3ccc4c(c3)N(C3CC(N5CCC(C)(C)C5)C3)C(=O)C43CCN(C(=O)[C@]4(C)CCCO4)CC3)nc(Nc3ccncc3F)c21. The molecule has 4 aliphatic heterocycles. The molecule has 4 fully saturated rings. The maximum Gasteiger partial charge on any atom is 0.254 e. The van der Waals surface area contributed by atoms with Gasteiger partial charge in [0, 0.05) is 61.8 Å². The molecular weight excluding hydrogens is 684 g/mol. The van der Waals surface area contributed by atoms with E-state index in [1.165, 1.54) is 12.6 Å². The largest absolute Gasteiger partial charge is 0.365 e. The normalized spacial score (nSPS) is 26.2. The number of carbonyl (C=O) groups excluding carboxylic acids is 2. The van der Waals surface area contributed by atoms with Crippen LogP contribution in [0.25, 0.3) is 22.3 Å². The van der Waals surface area contributed by atoms with E-state index >= 15 is 0 Å². The number of fused-ring (bicyclic) bond motifs is 3. The molecule has 3 aromatic heterocycles. The number of likely N-dealkylation sites (tertiary alicyclic amines) is 2. The highest BCUT2D eigenvalue weighted by Gasteiger charge is 2.57. The number of hydrogen-bond acceptors (Lipinski definition) is 8. The highest BCUT2D eigenvalue weighted by atomic mass is 19.1. The molecule has 2 amide bonds. The summed E-state index contributed by atoms with van der Waals surface area (Å²) >= 11 is 0. The predicted molar refractivity (Wildman–Crippen MR) is 206 cm³/mol. The van der Waals surface area contributed by atoms with Crippen molar-refractivity contribution >= 4 is 40.0 Å². The van der Waals surface area contributed by atoms with Crippen molar-refractivity contribution in [3.8, 4) is 11.3 Å². The van der Waals surface area contributed by atoms with Gasteiger partial charge in [0.25, 0.3) is 5.91 Å². The third kappa shape index (κ3) is 5.70. The van der Waals surface area contributed by atoms with Crippen LogP contribution in [0.2, 0.25) is 0 Å². The Kier molecular flexibility index (Phi) is 8.39. The molecule has 1 saturated carbocycles. The number of imidazole rings is 1. The fourth-order valence-electron chi connectivity index (χ4n) is 9.79. The number of piperidine rings is 1. The summed E-state index contributed by atoms with van der Waals surface area (Å²) in [5.74, 6) is 0.223. The van der Waals surface area contributed by atoms with E-state index in [0.717, 1.165) is 66.6 Å². The third-order valence-electron chi connectivity index (χ3n) is 13.1. The summed E-state index contributed by atoms with van der Waals surface area (Å²) in [5, 5.41) is 3.23. The van der Waals surface area contributed by atoms with Gasteiger partial charge in [-0.1, -0.05) is 26.0 Å². The number of pyridine rings is 2. The summed E-state index contributed by atoms with van der Waals surface area (Å²) in [6, 6.07) is 10.6. The van der Waals surface area contributed by atoms with E-state index in [2.05, 4.69) is 66.0 Å². The first kappa shape index (κ1) is 35.3. The van der Waals surface area contributed by atoms with E-state index in [1.807, 2.05) is 22.5 Å². The summed E-state index contributed by atoms with van der Waals surface area (Å²) in [4.78, 5) is 49.0. The van der Waals surface area contributed by atoms with Gasteiger partial charge in [0.1, 0.15) is 11.1 Å². The van der Waals surface area contributed by atoms with Crippen LogP contribution < -0.4 is 10.2 Å². The molecule has 1 spiro atoms. The lowest BCUT2D eigenvalue weighted by Crippen LogP contribution is -2.58. The van der Waals surface area contributed by atoms with Crippen molar-refractivity contribution in [3.05, 3.63) is 60.4 Å². The number of halogens is 1. The zero-order chi connectivity index (χ0) is 37.6. The van der Waals surface area contributed by atoms with Crippen LogP contribution in [0, 0.1) is 11.2 Å². The van der Waals surface area contributed by atoms with Gasteiger partial charge in [-0.25, -0.2) is 14.4 Å². The number of ether oxygens (including phenoxy) is 1. The Bertz CT molecular complexity index is 2130. The number of aromatic nitrogens is 4. The number of carbonyl (C=O) groups is 2. The van der Waals surface area contributed by atoms with Gasteiger partial charge >= 0.3 is 0 Å². The van der Waals surface area contributed by atoms with Crippen LogP contribution in [0.3, 0.4) is 0 Å². The lowest BCUT2D eigenvalue weighted by atomic mass is 9.73. The number of nitrogens with zero attached hydrogens (tertiary/aromatic N) is 7. The second-order valence-corrected chi connectivity index (χ2v) is 17.6. The van der Waals surface area contributed by atoms with E-state index in [4.69, 9.17) is 14.7 Å². The van der Waals surface area contributed by atoms with Gasteiger partial charge in [-0.2, -0.15) is 0 Å². The smallest absolute Gasteiger partial charge is 0.254 e. The number of nitrogens with one attached hydrogen (secondary N) is 1. The third-order valence-corrected chi connectivity index (χ3v) is 13.1. The van der Waals surface area contributed by atoms with Gasteiger partial charge < -0.3 is 24.4 Å². The van der Waals surface area contributed by atoms with Crippen LogP contribution >= 0.6 is 0 Å². The molecule has 0 bridgehead atoms. The van der Waals surface area contributed by atoms with Crippen molar-refractivity contribution in [3.63, 3.8) is 0 Å². The van der Waals surface area contributed by atoms with Crippen LogP contribution in [-0.4, -0.2) is 91.6 Å². The van der Waals surface area contributed by atoms with Crippen LogP contribution in [0.4, 0.5) is 21.6 Å². The Morgan fingerprint density at radius 1 is 1.02 bits per heavy atom. The average molecular weight is 735 g/mol. The summed E-state index contributed by atoms with van der Waals surface area (Å²) in [6.07, 6.45) is 10.4. The Morgan fingerprint density at radius 2 is 1.81 bits per heavy atom. The Hall–Kier alpha value is -4.42. The van der Waals surface area contributed by atoms with E-state index in [0.29, 0.717) is 55.5 Å². The molecule has 7 heterocycles. The first-order chi connectivity index (χ1) is 25.9. The minimum Gasteiger partial charge on any atom is -0.365 e. The summed E-state index contributed by atoms with van der Waals surface area (Å²) < 4.78 is 22.8. The van der Waals surface area contributed by atoms with Gasteiger partial charge in [-0.3, -0.25) is 19.5 Å². The second-order valence-electron chi connectivity index (χ2n) is 17.6. The Balaban J connectivity index is 1.08. The highest BCUT2D eigenvalue weighted by molar-refractivity contribution is 6.09. The van der Waals surface area contributed by atoms with Crippen molar-refractivity contribution in [1.82, 2.24) is 29.3 Å². The number of hydrogen-bond donors (Lipinski definition) is 1. The summed E-state index contributed by atoms with van der Waals surface area (Å²) in [5.41, 5.74) is 4.18. The molecule has 1 aromatic carbocycles.